The maximum atomic E-state index is 11.8. The normalized spacial score (nSPS) is 10.7. The molecule has 0 aromatic heterocycles. The van der Waals surface area contributed by atoms with E-state index in [1.165, 1.54) is 6.21 Å². The lowest BCUT2D eigenvalue weighted by Gasteiger charge is -2.06. The molecule has 0 saturated carbocycles. The molecule has 0 heterocycles. The zero-order valence-corrected chi connectivity index (χ0v) is 14.6. The molecule has 0 aliphatic heterocycles. The lowest BCUT2D eigenvalue weighted by atomic mass is 10.1. The van der Waals surface area contributed by atoms with Crippen molar-refractivity contribution >= 4 is 46.9 Å². The Kier molecular flexibility index (Phi) is 5.95. The predicted molar refractivity (Wildman–Crippen MR) is 96.7 cm³/mol. The van der Waals surface area contributed by atoms with E-state index in [4.69, 9.17) is 23.2 Å². The van der Waals surface area contributed by atoms with Crippen molar-refractivity contribution < 1.29 is 9.59 Å². The fraction of sp³-hybridized carbons (Fsp3) is 0.118. The molecule has 0 aliphatic carbocycles. The average molecular weight is 364 g/mol. The van der Waals surface area contributed by atoms with Gasteiger partial charge in [-0.15, -0.1) is 0 Å². The van der Waals surface area contributed by atoms with E-state index < -0.39 is 11.8 Å². The highest BCUT2D eigenvalue weighted by Gasteiger charge is 2.13. The highest BCUT2D eigenvalue weighted by Crippen LogP contribution is 2.19. The van der Waals surface area contributed by atoms with Crippen molar-refractivity contribution in [2.24, 2.45) is 5.10 Å². The molecule has 0 bridgehead atoms. The Morgan fingerprint density at radius 2 is 1.75 bits per heavy atom. The number of amides is 2. The number of hydrogen-bond acceptors (Lipinski definition) is 3. The summed E-state index contributed by atoms with van der Waals surface area (Å²) in [5.74, 6) is -1.69. The number of aryl methyl sites for hydroxylation is 2. The Hall–Kier alpha value is -2.37. The lowest BCUT2D eigenvalue weighted by Crippen LogP contribution is -2.32. The maximum absolute atomic E-state index is 11.8. The van der Waals surface area contributed by atoms with Gasteiger partial charge in [0.1, 0.15) is 0 Å². The molecule has 7 heteroatoms. The third kappa shape index (κ3) is 4.81. The number of nitrogens with zero attached hydrogens (tertiary/aromatic N) is 1. The molecule has 0 atom stereocenters. The molecule has 0 fully saturated rings. The number of hydrogen-bond donors (Lipinski definition) is 2. The first-order valence-corrected chi connectivity index (χ1v) is 7.79. The van der Waals surface area contributed by atoms with Gasteiger partial charge in [0, 0.05) is 16.3 Å². The van der Waals surface area contributed by atoms with Crippen molar-refractivity contribution in [2.75, 3.05) is 5.32 Å². The first kappa shape index (κ1) is 18.0. The average Bonchev–Trinajstić information content (AvgIpc) is 2.53. The van der Waals surface area contributed by atoms with E-state index in [1.54, 1.807) is 30.3 Å². The second-order valence-electron chi connectivity index (χ2n) is 5.12. The summed E-state index contributed by atoms with van der Waals surface area (Å²) in [6, 6.07) is 10.2. The number of halogens is 2. The van der Waals surface area contributed by atoms with Gasteiger partial charge in [-0.2, -0.15) is 5.10 Å². The second kappa shape index (κ2) is 7.95. The number of benzene rings is 2. The van der Waals surface area contributed by atoms with Gasteiger partial charge in [-0.25, -0.2) is 5.43 Å². The van der Waals surface area contributed by atoms with Crippen molar-refractivity contribution in [1.29, 1.82) is 0 Å². The number of nitrogens with one attached hydrogen (secondary N) is 2. The van der Waals surface area contributed by atoms with Gasteiger partial charge in [-0.3, -0.25) is 9.59 Å². The van der Waals surface area contributed by atoms with E-state index in [0.717, 1.165) is 11.1 Å². The fourth-order valence-corrected chi connectivity index (χ4v) is 2.28. The Balaban J connectivity index is 1.95. The van der Waals surface area contributed by atoms with Crippen molar-refractivity contribution in [3.63, 3.8) is 0 Å². The topological polar surface area (TPSA) is 70.6 Å². The van der Waals surface area contributed by atoms with Crippen molar-refractivity contribution in [2.45, 2.75) is 13.8 Å². The van der Waals surface area contributed by atoms with Crippen molar-refractivity contribution in [1.82, 2.24) is 5.43 Å². The first-order chi connectivity index (χ1) is 11.4. The number of carbonyl (C=O) groups excluding carboxylic acids is 2. The van der Waals surface area contributed by atoms with Crippen molar-refractivity contribution in [3.05, 3.63) is 63.1 Å². The standard InChI is InChI=1S/C17H15Cl2N3O2/c1-10-3-6-14(7-11(10)2)21-16(23)17(24)22-20-9-12-4-5-13(18)8-15(12)19/h3-9H,1-2H3,(H,21,23)(H,22,24)/b20-9-. The summed E-state index contributed by atoms with van der Waals surface area (Å²) in [5, 5.41) is 7.11. The van der Waals surface area contributed by atoms with Gasteiger partial charge in [0.2, 0.25) is 0 Å². The van der Waals surface area contributed by atoms with Crippen LogP contribution in [0.4, 0.5) is 5.69 Å². The summed E-state index contributed by atoms with van der Waals surface area (Å²) >= 11 is 11.8. The third-order valence-corrected chi connectivity index (χ3v) is 3.87. The number of carbonyl (C=O) groups is 2. The van der Waals surface area contributed by atoms with Gasteiger partial charge in [0.15, 0.2) is 0 Å². The number of anilines is 1. The van der Waals surface area contributed by atoms with E-state index in [2.05, 4.69) is 15.8 Å². The van der Waals surface area contributed by atoms with E-state index in [-0.39, 0.29) is 0 Å². The number of hydrazone groups is 1. The number of rotatable bonds is 3. The fourth-order valence-electron chi connectivity index (χ4n) is 1.82. The Morgan fingerprint density at radius 3 is 2.42 bits per heavy atom. The van der Waals surface area contributed by atoms with Gasteiger partial charge in [0.05, 0.1) is 11.2 Å². The van der Waals surface area contributed by atoms with Crippen LogP contribution in [0.25, 0.3) is 0 Å². The molecule has 0 unspecified atom stereocenters. The largest absolute Gasteiger partial charge is 0.329 e. The summed E-state index contributed by atoms with van der Waals surface area (Å²) in [5.41, 5.74) is 5.37. The zero-order chi connectivity index (χ0) is 17.7. The minimum atomic E-state index is -0.880. The molecule has 124 valence electrons. The van der Waals surface area contributed by atoms with E-state index >= 15 is 0 Å². The minimum Gasteiger partial charge on any atom is -0.318 e. The Morgan fingerprint density at radius 1 is 1.00 bits per heavy atom. The van der Waals surface area contributed by atoms with Crippen LogP contribution in [0.15, 0.2) is 41.5 Å². The molecule has 0 aliphatic rings. The second-order valence-corrected chi connectivity index (χ2v) is 5.96. The molecule has 0 radical (unpaired) electrons. The Labute approximate surface area is 149 Å². The van der Waals surface area contributed by atoms with Crippen LogP contribution < -0.4 is 10.7 Å². The van der Waals surface area contributed by atoms with Crippen LogP contribution in [0.5, 0.6) is 0 Å². The highest BCUT2D eigenvalue weighted by molar-refractivity contribution is 6.39. The summed E-state index contributed by atoms with van der Waals surface area (Å²) in [7, 11) is 0. The van der Waals surface area contributed by atoms with E-state index in [1.807, 2.05) is 19.9 Å². The maximum Gasteiger partial charge on any atom is 0.329 e. The van der Waals surface area contributed by atoms with Crippen LogP contribution in [-0.4, -0.2) is 18.0 Å². The molecule has 0 spiro atoms. The smallest absolute Gasteiger partial charge is 0.318 e. The third-order valence-electron chi connectivity index (χ3n) is 3.30. The van der Waals surface area contributed by atoms with Gasteiger partial charge in [-0.1, -0.05) is 35.3 Å². The molecular formula is C17H15Cl2N3O2. The Bertz CT molecular complexity index is 819. The first-order valence-electron chi connectivity index (χ1n) is 7.03. The molecule has 2 amide bonds. The van der Waals surface area contributed by atoms with Crippen molar-refractivity contribution in [3.8, 4) is 0 Å². The molecule has 2 aromatic carbocycles. The molecule has 2 N–H and O–H groups in total. The molecule has 2 rings (SSSR count). The zero-order valence-electron chi connectivity index (χ0n) is 13.1. The van der Waals surface area contributed by atoms with Gasteiger partial charge in [-0.05, 0) is 49.2 Å². The summed E-state index contributed by atoms with van der Waals surface area (Å²) in [6.07, 6.45) is 1.33. The molecule has 24 heavy (non-hydrogen) atoms. The molecular weight excluding hydrogens is 349 g/mol. The van der Waals surface area contributed by atoms with E-state index in [0.29, 0.717) is 21.3 Å². The van der Waals surface area contributed by atoms with Crippen LogP contribution in [0, 0.1) is 13.8 Å². The predicted octanol–water partition coefficient (Wildman–Crippen LogP) is 3.70. The van der Waals surface area contributed by atoms with Gasteiger partial charge < -0.3 is 5.32 Å². The quantitative estimate of drug-likeness (QED) is 0.495. The van der Waals surface area contributed by atoms with Crippen LogP contribution in [-0.2, 0) is 9.59 Å². The molecule has 5 nitrogen and oxygen atoms in total. The SMILES string of the molecule is Cc1ccc(NC(=O)C(=O)N/N=C\c2ccc(Cl)cc2Cl)cc1C. The minimum absolute atomic E-state index is 0.389. The van der Waals surface area contributed by atoms with Gasteiger partial charge >= 0.3 is 11.8 Å². The lowest BCUT2D eigenvalue weighted by molar-refractivity contribution is -0.136. The van der Waals surface area contributed by atoms with Crippen LogP contribution in [0.2, 0.25) is 10.0 Å². The van der Waals surface area contributed by atoms with Crippen LogP contribution in [0.3, 0.4) is 0 Å². The summed E-state index contributed by atoms with van der Waals surface area (Å²) < 4.78 is 0. The summed E-state index contributed by atoms with van der Waals surface area (Å²) in [4.78, 5) is 23.6. The van der Waals surface area contributed by atoms with Crippen LogP contribution >= 0.6 is 23.2 Å². The summed E-state index contributed by atoms with van der Waals surface area (Å²) in [6.45, 7) is 3.88. The highest BCUT2D eigenvalue weighted by atomic mass is 35.5. The van der Waals surface area contributed by atoms with Crippen LogP contribution in [0.1, 0.15) is 16.7 Å². The molecule has 0 saturated heterocycles. The van der Waals surface area contributed by atoms with E-state index in [9.17, 15) is 9.59 Å². The molecule has 2 aromatic rings. The van der Waals surface area contributed by atoms with Gasteiger partial charge in [0.25, 0.3) is 0 Å². The monoisotopic (exact) mass is 363 g/mol.